The van der Waals surface area contributed by atoms with E-state index in [9.17, 15) is 14.0 Å². The molecule has 1 amide bonds. The van der Waals surface area contributed by atoms with Gasteiger partial charge in [-0.1, -0.05) is 0 Å². The van der Waals surface area contributed by atoms with Crippen LogP contribution in [-0.2, 0) is 4.79 Å². The second-order valence-electron chi connectivity index (χ2n) is 7.57. The summed E-state index contributed by atoms with van der Waals surface area (Å²) < 4.78 is 17.0. The lowest BCUT2D eigenvalue weighted by molar-refractivity contribution is -0.125. The number of aromatic nitrogens is 6. The highest BCUT2D eigenvalue weighted by Crippen LogP contribution is 2.33. The van der Waals surface area contributed by atoms with Gasteiger partial charge in [-0.25, -0.2) is 24.1 Å². The van der Waals surface area contributed by atoms with Crippen molar-refractivity contribution in [2.45, 2.75) is 31.7 Å². The maximum atomic E-state index is 13.7. The van der Waals surface area contributed by atoms with Gasteiger partial charge in [-0.05, 0) is 37.8 Å². The number of halogens is 1. The predicted molar refractivity (Wildman–Crippen MR) is 107 cm³/mol. The Morgan fingerprint density at radius 2 is 2.00 bits per heavy atom. The zero-order valence-corrected chi connectivity index (χ0v) is 16.3. The SMILES string of the molecule is CNC(=O)C1CCC(n2c(=O)[nH]c3cnc(-c4cnc5ccc(F)cn45)nc32)CC1. The van der Waals surface area contributed by atoms with Crippen LogP contribution in [0.3, 0.4) is 0 Å². The summed E-state index contributed by atoms with van der Waals surface area (Å²) in [5.74, 6) is -0.0174. The Balaban J connectivity index is 1.54. The number of nitrogens with one attached hydrogen (secondary N) is 2. The molecule has 10 heteroatoms. The Morgan fingerprint density at radius 1 is 1.20 bits per heavy atom. The Hall–Kier alpha value is -3.56. The van der Waals surface area contributed by atoms with Crippen LogP contribution >= 0.6 is 0 Å². The maximum absolute atomic E-state index is 13.7. The summed E-state index contributed by atoms with van der Waals surface area (Å²) >= 11 is 0. The van der Waals surface area contributed by atoms with Gasteiger partial charge >= 0.3 is 5.69 Å². The van der Waals surface area contributed by atoms with Crippen LogP contribution in [0.5, 0.6) is 0 Å². The third-order valence-corrected chi connectivity index (χ3v) is 5.83. The van der Waals surface area contributed by atoms with Gasteiger partial charge in [-0.3, -0.25) is 13.8 Å². The Bertz CT molecular complexity index is 1310. The van der Waals surface area contributed by atoms with E-state index in [0.717, 1.165) is 0 Å². The number of nitrogens with zero attached hydrogens (tertiary/aromatic N) is 5. The molecular formula is C20H20FN7O2. The van der Waals surface area contributed by atoms with Crippen molar-refractivity contribution >= 4 is 22.7 Å². The Morgan fingerprint density at radius 3 is 2.77 bits per heavy atom. The lowest BCUT2D eigenvalue weighted by Gasteiger charge is -2.27. The minimum atomic E-state index is -0.394. The molecule has 0 saturated heterocycles. The Kier molecular flexibility index (Phi) is 4.34. The fourth-order valence-electron chi connectivity index (χ4n) is 4.30. The van der Waals surface area contributed by atoms with Crippen molar-refractivity contribution in [1.82, 2.24) is 34.2 Å². The number of H-pyrrole nitrogens is 1. The van der Waals surface area contributed by atoms with Crippen LogP contribution in [-0.4, -0.2) is 41.9 Å². The number of pyridine rings is 1. The van der Waals surface area contributed by atoms with Crippen molar-refractivity contribution in [2.24, 2.45) is 5.92 Å². The molecule has 5 rings (SSSR count). The van der Waals surface area contributed by atoms with E-state index in [-0.39, 0.29) is 23.6 Å². The summed E-state index contributed by atoms with van der Waals surface area (Å²) in [5, 5.41) is 2.70. The molecule has 0 aliphatic heterocycles. The van der Waals surface area contributed by atoms with Crippen LogP contribution in [0, 0.1) is 11.7 Å². The van der Waals surface area contributed by atoms with Crippen LogP contribution in [0.4, 0.5) is 4.39 Å². The molecule has 0 unspecified atom stereocenters. The third kappa shape index (κ3) is 2.95. The summed E-state index contributed by atoms with van der Waals surface area (Å²) in [6, 6.07) is 2.87. The standard InChI is InChI=1S/C20H20FN7O2/c1-22-19(29)11-2-5-13(6-3-11)28-18-14(25-20(28)30)8-24-17(26-18)15-9-23-16-7-4-12(21)10-27(15)16/h4,7-11,13H,2-3,5-6H2,1H3,(H,22,29)(H,25,30). The van der Waals surface area contributed by atoms with Crippen LogP contribution in [0.25, 0.3) is 28.3 Å². The molecule has 0 spiro atoms. The van der Waals surface area contributed by atoms with Crippen molar-refractivity contribution < 1.29 is 9.18 Å². The van der Waals surface area contributed by atoms with Crippen LogP contribution < -0.4 is 11.0 Å². The second kappa shape index (κ2) is 7.05. The molecule has 154 valence electrons. The first-order chi connectivity index (χ1) is 14.5. The molecule has 0 bridgehead atoms. The van der Waals surface area contributed by atoms with E-state index in [1.165, 1.54) is 12.3 Å². The molecule has 4 aromatic rings. The first-order valence-electron chi connectivity index (χ1n) is 9.87. The number of fused-ring (bicyclic) bond motifs is 2. The van der Waals surface area contributed by atoms with E-state index in [2.05, 4.69) is 25.3 Å². The number of amides is 1. The van der Waals surface area contributed by atoms with Crippen molar-refractivity contribution in [3.05, 3.63) is 47.0 Å². The molecule has 1 saturated carbocycles. The predicted octanol–water partition coefficient (Wildman–Crippen LogP) is 2.05. The van der Waals surface area contributed by atoms with E-state index in [1.807, 2.05) is 0 Å². The van der Waals surface area contributed by atoms with Gasteiger partial charge in [0.2, 0.25) is 5.91 Å². The van der Waals surface area contributed by atoms with Crippen LogP contribution in [0.1, 0.15) is 31.7 Å². The van der Waals surface area contributed by atoms with Gasteiger partial charge in [0.1, 0.15) is 22.7 Å². The average Bonchev–Trinajstić information content (AvgIpc) is 3.32. The molecule has 9 nitrogen and oxygen atoms in total. The van der Waals surface area contributed by atoms with Crippen LogP contribution in [0.15, 0.2) is 35.5 Å². The van der Waals surface area contributed by atoms with Gasteiger partial charge in [0.15, 0.2) is 11.5 Å². The van der Waals surface area contributed by atoms with Gasteiger partial charge in [-0.15, -0.1) is 0 Å². The lowest BCUT2D eigenvalue weighted by Crippen LogP contribution is -2.33. The van der Waals surface area contributed by atoms with Crippen molar-refractivity contribution in [3.63, 3.8) is 0 Å². The summed E-state index contributed by atoms with van der Waals surface area (Å²) in [6.45, 7) is 0. The number of rotatable bonds is 3. The van der Waals surface area contributed by atoms with E-state index in [4.69, 9.17) is 0 Å². The second-order valence-corrected chi connectivity index (χ2v) is 7.57. The van der Waals surface area contributed by atoms with Gasteiger partial charge in [0, 0.05) is 25.2 Å². The molecule has 0 radical (unpaired) electrons. The molecule has 1 fully saturated rings. The highest BCUT2D eigenvalue weighted by Gasteiger charge is 2.29. The minimum absolute atomic E-state index is 0.0228. The lowest BCUT2D eigenvalue weighted by atomic mass is 9.85. The zero-order chi connectivity index (χ0) is 20.8. The van der Waals surface area contributed by atoms with E-state index in [0.29, 0.717) is 54.0 Å². The molecule has 1 aliphatic carbocycles. The highest BCUT2D eigenvalue weighted by atomic mass is 19.1. The monoisotopic (exact) mass is 409 g/mol. The zero-order valence-electron chi connectivity index (χ0n) is 16.3. The fourth-order valence-corrected chi connectivity index (χ4v) is 4.30. The molecule has 2 N–H and O–H groups in total. The molecule has 0 aromatic carbocycles. The van der Waals surface area contributed by atoms with Crippen molar-refractivity contribution in [2.75, 3.05) is 7.05 Å². The smallest absolute Gasteiger partial charge is 0.327 e. The molecular weight excluding hydrogens is 389 g/mol. The summed E-state index contributed by atoms with van der Waals surface area (Å²) in [6.07, 6.45) is 7.33. The van der Waals surface area contributed by atoms with Crippen molar-refractivity contribution in [3.8, 4) is 11.5 Å². The summed E-state index contributed by atoms with van der Waals surface area (Å²) in [4.78, 5) is 40.6. The largest absolute Gasteiger partial charge is 0.359 e. The number of hydrogen-bond acceptors (Lipinski definition) is 5. The van der Waals surface area contributed by atoms with Crippen molar-refractivity contribution in [1.29, 1.82) is 0 Å². The summed E-state index contributed by atoms with van der Waals surface area (Å²) in [7, 11) is 1.64. The average molecular weight is 409 g/mol. The van der Waals surface area contributed by atoms with Gasteiger partial charge in [0.25, 0.3) is 0 Å². The number of carbonyl (C=O) groups excluding carboxylic acids is 1. The molecule has 30 heavy (non-hydrogen) atoms. The van der Waals surface area contributed by atoms with Crippen LogP contribution in [0.2, 0.25) is 0 Å². The fraction of sp³-hybridized carbons (Fsp3) is 0.350. The molecule has 4 heterocycles. The van der Waals surface area contributed by atoms with Gasteiger partial charge < -0.3 is 10.3 Å². The minimum Gasteiger partial charge on any atom is -0.359 e. The first-order valence-corrected chi connectivity index (χ1v) is 9.87. The number of imidazole rings is 2. The summed E-state index contributed by atoms with van der Waals surface area (Å²) in [5.41, 5.74) is 1.91. The highest BCUT2D eigenvalue weighted by molar-refractivity contribution is 5.78. The van der Waals surface area contributed by atoms with E-state index in [1.54, 1.807) is 34.5 Å². The third-order valence-electron chi connectivity index (χ3n) is 5.83. The maximum Gasteiger partial charge on any atom is 0.327 e. The normalized spacial score (nSPS) is 19.4. The first kappa shape index (κ1) is 18.5. The molecule has 4 aromatic heterocycles. The Labute approximate surface area is 170 Å². The quantitative estimate of drug-likeness (QED) is 0.538. The topological polar surface area (TPSA) is 110 Å². The van der Waals surface area contributed by atoms with E-state index >= 15 is 0 Å². The number of aromatic amines is 1. The molecule has 0 atom stereocenters. The van der Waals surface area contributed by atoms with Gasteiger partial charge in [-0.2, -0.15) is 0 Å². The number of hydrogen-bond donors (Lipinski definition) is 2. The van der Waals surface area contributed by atoms with Gasteiger partial charge in [0.05, 0.1) is 12.4 Å². The molecule has 1 aliphatic rings. The number of carbonyl (C=O) groups is 1. The van der Waals surface area contributed by atoms with E-state index < -0.39 is 5.82 Å².